The second kappa shape index (κ2) is 4.44. The van der Waals surface area contributed by atoms with Crippen LogP contribution in [0.15, 0.2) is 23.3 Å². The highest BCUT2D eigenvalue weighted by atomic mass is 32.1. The maximum atomic E-state index is 12.2. The van der Waals surface area contributed by atoms with Crippen molar-refractivity contribution in [3.63, 3.8) is 0 Å². The molecule has 3 aromatic rings. The van der Waals surface area contributed by atoms with E-state index < -0.39 is 0 Å². The fourth-order valence-corrected chi connectivity index (χ4v) is 2.44. The normalized spacial score (nSPS) is 11.1. The van der Waals surface area contributed by atoms with E-state index in [4.69, 9.17) is 5.84 Å². The number of hydrogen-bond donors (Lipinski definition) is 2. The van der Waals surface area contributed by atoms with Crippen LogP contribution in [-0.2, 0) is 6.54 Å². The zero-order valence-corrected chi connectivity index (χ0v) is 10.9. The van der Waals surface area contributed by atoms with Crippen LogP contribution >= 0.6 is 11.3 Å². The molecular weight excluding hydrogens is 266 g/mol. The summed E-state index contributed by atoms with van der Waals surface area (Å²) in [6.07, 6.45) is 3.42. The Morgan fingerprint density at radius 2 is 2.26 bits per heavy atom. The average Bonchev–Trinajstić information content (AvgIpc) is 2.99. The average molecular weight is 277 g/mol. The van der Waals surface area contributed by atoms with Gasteiger partial charge in [0.15, 0.2) is 0 Å². The first-order chi connectivity index (χ1) is 9.17. The van der Waals surface area contributed by atoms with Gasteiger partial charge in [0.05, 0.1) is 12.2 Å². The molecule has 0 saturated carbocycles. The Labute approximate surface area is 111 Å². The smallest absolute Gasteiger partial charge is 0.276 e. The number of nitrogens with one attached hydrogen (secondary N) is 1. The Hall–Kier alpha value is -2.26. The van der Waals surface area contributed by atoms with Crippen molar-refractivity contribution in [2.75, 3.05) is 5.43 Å². The highest BCUT2D eigenvalue weighted by Crippen LogP contribution is 2.14. The number of nitrogens with two attached hydrogens (primary N) is 1. The monoisotopic (exact) mass is 277 g/mol. The Morgan fingerprint density at radius 3 is 3.00 bits per heavy atom. The largest absolute Gasteiger partial charge is 0.305 e. The molecule has 8 nitrogen and oxygen atoms in total. The number of hydrazine groups is 1. The van der Waals surface area contributed by atoms with E-state index in [-0.39, 0.29) is 5.56 Å². The number of fused-ring (bicyclic) bond motifs is 1. The molecule has 0 fully saturated rings. The molecule has 0 amide bonds. The highest BCUT2D eigenvalue weighted by molar-refractivity contribution is 7.15. The SMILES string of the molecule is Cc1cc2c(=O)n(Cc3nnc(NN)s3)ccn2n1. The van der Waals surface area contributed by atoms with E-state index in [1.165, 1.54) is 11.3 Å². The highest BCUT2D eigenvalue weighted by Gasteiger charge is 2.08. The van der Waals surface area contributed by atoms with Gasteiger partial charge in [0.1, 0.15) is 10.5 Å². The zero-order valence-electron chi connectivity index (χ0n) is 10.1. The summed E-state index contributed by atoms with van der Waals surface area (Å²) in [7, 11) is 0. The van der Waals surface area contributed by atoms with Gasteiger partial charge in [-0.2, -0.15) is 5.10 Å². The molecule has 19 heavy (non-hydrogen) atoms. The first-order valence-electron chi connectivity index (χ1n) is 5.52. The maximum absolute atomic E-state index is 12.2. The predicted molar refractivity (Wildman–Crippen MR) is 71.0 cm³/mol. The van der Waals surface area contributed by atoms with Crippen molar-refractivity contribution in [3.05, 3.63) is 39.5 Å². The number of nitrogen functional groups attached to an aromatic ring is 1. The third kappa shape index (κ3) is 2.09. The second-order valence-corrected chi connectivity index (χ2v) is 5.05. The molecule has 0 spiro atoms. The minimum absolute atomic E-state index is 0.111. The van der Waals surface area contributed by atoms with Gasteiger partial charge in [-0.05, 0) is 13.0 Å². The van der Waals surface area contributed by atoms with Gasteiger partial charge in [0.2, 0.25) is 5.13 Å². The summed E-state index contributed by atoms with van der Waals surface area (Å²) in [4.78, 5) is 12.2. The minimum Gasteiger partial charge on any atom is -0.305 e. The van der Waals surface area contributed by atoms with Crippen LogP contribution in [0.25, 0.3) is 5.52 Å². The molecule has 3 rings (SSSR count). The number of nitrogens with zero attached hydrogens (tertiary/aromatic N) is 5. The van der Waals surface area contributed by atoms with Gasteiger partial charge in [0, 0.05) is 12.4 Å². The molecule has 3 N–H and O–H groups in total. The maximum Gasteiger partial charge on any atom is 0.276 e. The minimum atomic E-state index is -0.111. The van der Waals surface area contributed by atoms with Crippen LogP contribution in [0.3, 0.4) is 0 Å². The predicted octanol–water partition coefficient (Wildman–Crippen LogP) is -0.0102. The Kier molecular flexibility index (Phi) is 2.76. The Bertz CT molecular complexity index is 787. The third-order valence-corrected chi connectivity index (χ3v) is 3.46. The lowest BCUT2D eigenvalue weighted by Gasteiger charge is -2.02. The van der Waals surface area contributed by atoms with Crippen molar-refractivity contribution in [3.8, 4) is 0 Å². The zero-order chi connectivity index (χ0) is 13.4. The van der Waals surface area contributed by atoms with Crippen LogP contribution in [0.4, 0.5) is 5.13 Å². The summed E-state index contributed by atoms with van der Waals surface area (Å²) >= 11 is 1.31. The van der Waals surface area contributed by atoms with E-state index in [1.807, 2.05) is 6.92 Å². The van der Waals surface area contributed by atoms with Gasteiger partial charge >= 0.3 is 0 Å². The summed E-state index contributed by atoms with van der Waals surface area (Å²) in [5.74, 6) is 5.24. The van der Waals surface area contributed by atoms with Crippen LogP contribution in [0.2, 0.25) is 0 Å². The summed E-state index contributed by atoms with van der Waals surface area (Å²) in [5.41, 5.74) is 3.66. The van der Waals surface area contributed by atoms with Crippen LogP contribution in [-0.4, -0.2) is 24.4 Å². The number of anilines is 1. The van der Waals surface area contributed by atoms with Crippen LogP contribution in [0.5, 0.6) is 0 Å². The number of hydrogen-bond acceptors (Lipinski definition) is 7. The van der Waals surface area contributed by atoms with Crippen molar-refractivity contribution in [2.24, 2.45) is 5.84 Å². The van der Waals surface area contributed by atoms with E-state index in [2.05, 4.69) is 20.7 Å². The fourth-order valence-electron chi connectivity index (χ4n) is 1.79. The number of aryl methyl sites for hydroxylation is 1. The summed E-state index contributed by atoms with van der Waals surface area (Å²) in [5, 5.41) is 13.2. The molecule has 0 aliphatic heterocycles. The van der Waals surface area contributed by atoms with Gasteiger partial charge in [0.25, 0.3) is 5.56 Å². The molecule has 0 bridgehead atoms. The topological polar surface area (TPSA) is 103 Å². The van der Waals surface area contributed by atoms with Gasteiger partial charge in [-0.15, -0.1) is 10.2 Å². The second-order valence-electron chi connectivity index (χ2n) is 3.99. The molecule has 0 saturated heterocycles. The summed E-state index contributed by atoms with van der Waals surface area (Å²) < 4.78 is 3.14. The first kappa shape index (κ1) is 11.8. The lowest BCUT2D eigenvalue weighted by molar-refractivity contribution is 0.729. The van der Waals surface area contributed by atoms with E-state index in [0.717, 1.165) is 5.69 Å². The lowest BCUT2D eigenvalue weighted by atomic mass is 10.4. The van der Waals surface area contributed by atoms with Gasteiger partial charge in [-0.3, -0.25) is 10.2 Å². The molecule has 0 aromatic carbocycles. The van der Waals surface area contributed by atoms with Gasteiger partial charge in [-0.1, -0.05) is 11.3 Å². The Morgan fingerprint density at radius 1 is 1.42 bits per heavy atom. The van der Waals surface area contributed by atoms with Crippen molar-refractivity contribution in [1.82, 2.24) is 24.4 Å². The number of rotatable bonds is 3. The summed E-state index contributed by atoms with van der Waals surface area (Å²) in [6.45, 7) is 2.21. The van der Waals surface area contributed by atoms with E-state index in [1.54, 1.807) is 27.5 Å². The molecule has 3 heterocycles. The molecule has 98 valence electrons. The van der Waals surface area contributed by atoms with Gasteiger partial charge in [-0.25, -0.2) is 10.4 Å². The molecule has 3 aromatic heterocycles. The standard InChI is InChI=1S/C10H11N7OS/c1-6-4-7-9(18)16(2-3-17(7)15-6)5-8-13-14-10(12-11)19-8/h2-4H,5,11H2,1H3,(H,12,14). The molecule has 0 atom stereocenters. The lowest BCUT2D eigenvalue weighted by Crippen LogP contribution is -2.21. The molecule has 0 aliphatic rings. The van der Waals surface area contributed by atoms with Crippen LogP contribution in [0.1, 0.15) is 10.7 Å². The fraction of sp³-hybridized carbons (Fsp3) is 0.200. The van der Waals surface area contributed by atoms with E-state index >= 15 is 0 Å². The molecule has 0 aliphatic carbocycles. The molecule has 9 heteroatoms. The van der Waals surface area contributed by atoms with Crippen LogP contribution in [0, 0.1) is 6.92 Å². The van der Waals surface area contributed by atoms with E-state index in [0.29, 0.717) is 22.2 Å². The van der Waals surface area contributed by atoms with Gasteiger partial charge < -0.3 is 4.57 Å². The molecular formula is C10H11N7OS. The molecule has 0 radical (unpaired) electrons. The van der Waals surface area contributed by atoms with Crippen molar-refractivity contribution >= 4 is 22.0 Å². The third-order valence-electron chi connectivity index (χ3n) is 2.62. The molecule has 0 unspecified atom stereocenters. The van der Waals surface area contributed by atoms with Crippen molar-refractivity contribution in [1.29, 1.82) is 0 Å². The first-order valence-corrected chi connectivity index (χ1v) is 6.33. The van der Waals surface area contributed by atoms with Crippen LogP contribution < -0.4 is 16.8 Å². The quantitative estimate of drug-likeness (QED) is 0.515. The Balaban J connectivity index is 2.00. The van der Waals surface area contributed by atoms with Crippen molar-refractivity contribution in [2.45, 2.75) is 13.5 Å². The summed E-state index contributed by atoms with van der Waals surface area (Å²) in [6, 6.07) is 1.76. The van der Waals surface area contributed by atoms with Crippen molar-refractivity contribution < 1.29 is 0 Å². The van der Waals surface area contributed by atoms with E-state index in [9.17, 15) is 4.79 Å². The number of aromatic nitrogens is 5.